The Morgan fingerprint density at radius 1 is 1.12 bits per heavy atom. The van der Waals surface area contributed by atoms with Crippen molar-refractivity contribution >= 4 is 33.3 Å². The number of carbonyl (C=O) groups excluding carboxylic acids is 1. The lowest BCUT2D eigenvalue weighted by Crippen LogP contribution is -2.25. The largest absolute Gasteiger partial charge is 0.497 e. The Hall–Kier alpha value is -3.59. The Morgan fingerprint density at radius 2 is 1.97 bits per heavy atom. The summed E-state index contributed by atoms with van der Waals surface area (Å²) in [6.45, 7) is 1.95. The van der Waals surface area contributed by atoms with Crippen molar-refractivity contribution < 1.29 is 19.0 Å². The first kappa shape index (κ1) is 20.3. The van der Waals surface area contributed by atoms with Crippen LogP contribution in [0.2, 0.25) is 0 Å². The van der Waals surface area contributed by atoms with Crippen LogP contribution in [0.25, 0.3) is 15.3 Å². The van der Waals surface area contributed by atoms with E-state index in [9.17, 15) is 4.79 Å². The van der Waals surface area contributed by atoms with E-state index in [1.807, 2.05) is 43.3 Å². The van der Waals surface area contributed by atoms with Crippen molar-refractivity contribution in [3.05, 3.63) is 53.2 Å². The Morgan fingerprint density at radius 3 is 2.72 bits per heavy atom. The molecule has 2 aromatic heterocycles. The van der Waals surface area contributed by atoms with E-state index in [2.05, 4.69) is 5.32 Å². The molecule has 1 aliphatic heterocycles. The van der Waals surface area contributed by atoms with Crippen molar-refractivity contribution in [2.24, 2.45) is 0 Å². The number of carbonyl (C=O) groups is 1. The lowest BCUT2D eigenvalue weighted by Gasteiger charge is -2.26. The van der Waals surface area contributed by atoms with Gasteiger partial charge in [0.1, 0.15) is 11.6 Å². The van der Waals surface area contributed by atoms with E-state index in [1.54, 1.807) is 26.0 Å². The maximum atomic E-state index is 12.8. The molecule has 0 bridgehead atoms. The van der Waals surface area contributed by atoms with Crippen molar-refractivity contribution in [1.82, 2.24) is 14.8 Å². The number of nitrogens with one attached hydrogen (secondary N) is 1. The monoisotopic (exact) mass is 450 g/mol. The molecule has 8 nitrogen and oxygen atoms in total. The average molecular weight is 451 g/mol. The zero-order valence-corrected chi connectivity index (χ0v) is 18.9. The fourth-order valence-electron chi connectivity index (χ4n) is 4.25. The van der Waals surface area contributed by atoms with E-state index < -0.39 is 0 Å². The van der Waals surface area contributed by atoms with E-state index in [4.69, 9.17) is 24.3 Å². The molecular formula is C23H22N4O4S. The Bertz CT molecular complexity index is 1340. The van der Waals surface area contributed by atoms with Gasteiger partial charge in [-0.15, -0.1) is 0 Å². The summed E-state index contributed by atoms with van der Waals surface area (Å²) < 4.78 is 19.2. The first-order chi connectivity index (χ1) is 15.5. The molecule has 0 unspecified atom stereocenters. The second kappa shape index (κ2) is 7.83. The van der Waals surface area contributed by atoms with E-state index in [0.29, 0.717) is 28.9 Å². The van der Waals surface area contributed by atoms with Crippen LogP contribution in [0, 0.1) is 6.92 Å². The maximum Gasteiger partial charge on any atom is 0.226 e. The number of hydrogen-bond donors (Lipinski definition) is 1. The first-order valence-corrected chi connectivity index (χ1v) is 10.9. The number of nitrogens with zero attached hydrogens (tertiary/aromatic N) is 3. The molecule has 1 N–H and O–H groups in total. The molecule has 0 spiro atoms. The molecule has 5 rings (SSSR count). The standard InChI is InChI=1S/C23H22N4O4S/c1-12-20-15(14-6-5-7-17(30-3)21(14)31-4)11-19(28)25-22(20)27(26-12)23-24-16-9-8-13(29-2)10-18(16)32-23/h5-10,15H,11H2,1-4H3,(H,25,28)/t15-/m0/s1. The number of hydrogen-bond acceptors (Lipinski definition) is 7. The van der Waals surface area contributed by atoms with Gasteiger partial charge in [0.25, 0.3) is 0 Å². The maximum absolute atomic E-state index is 12.8. The molecule has 4 aromatic rings. The normalized spacial score (nSPS) is 15.4. The van der Waals surface area contributed by atoms with Crippen molar-refractivity contribution in [3.63, 3.8) is 0 Å². The molecule has 0 saturated heterocycles. The fourth-order valence-corrected chi connectivity index (χ4v) is 5.20. The number of amides is 1. The molecule has 2 aromatic carbocycles. The smallest absolute Gasteiger partial charge is 0.226 e. The first-order valence-electron chi connectivity index (χ1n) is 10.1. The number of para-hydroxylation sites is 1. The molecule has 1 amide bonds. The number of aryl methyl sites for hydroxylation is 1. The molecular weight excluding hydrogens is 428 g/mol. The average Bonchev–Trinajstić information content (AvgIpc) is 3.37. The third kappa shape index (κ3) is 3.16. The van der Waals surface area contributed by atoms with Crippen LogP contribution in [0.15, 0.2) is 36.4 Å². The van der Waals surface area contributed by atoms with Gasteiger partial charge in [0, 0.05) is 23.5 Å². The van der Waals surface area contributed by atoms with Crippen LogP contribution in [0.5, 0.6) is 17.2 Å². The van der Waals surface area contributed by atoms with Crippen LogP contribution < -0.4 is 19.5 Å². The van der Waals surface area contributed by atoms with Gasteiger partial charge < -0.3 is 19.5 Å². The Balaban J connectivity index is 1.67. The summed E-state index contributed by atoms with van der Waals surface area (Å²) in [4.78, 5) is 17.5. The quantitative estimate of drug-likeness (QED) is 0.488. The molecule has 0 radical (unpaired) electrons. The zero-order chi connectivity index (χ0) is 22.4. The molecule has 1 aliphatic rings. The topological polar surface area (TPSA) is 87.5 Å². The van der Waals surface area contributed by atoms with Gasteiger partial charge in [0.15, 0.2) is 11.5 Å². The van der Waals surface area contributed by atoms with Gasteiger partial charge in [-0.05, 0) is 31.2 Å². The van der Waals surface area contributed by atoms with E-state index in [-0.39, 0.29) is 11.8 Å². The zero-order valence-electron chi connectivity index (χ0n) is 18.1. The van der Waals surface area contributed by atoms with Crippen molar-refractivity contribution in [1.29, 1.82) is 0 Å². The van der Waals surface area contributed by atoms with Gasteiger partial charge in [-0.3, -0.25) is 4.79 Å². The lowest BCUT2D eigenvalue weighted by molar-refractivity contribution is -0.116. The predicted molar refractivity (Wildman–Crippen MR) is 123 cm³/mol. The summed E-state index contributed by atoms with van der Waals surface area (Å²) in [6.07, 6.45) is 0.292. The van der Waals surface area contributed by atoms with Crippen LogP contribution in [0.1, 0.15) is 29.2 Å². The summed E-state index contributed by atoms with van der Waals surface area (Å²) in [5.74, 6) is 2.36. The summed E-state index contributed by atoms with van der Waals surface area (Å²) >= 11 is 1.49. The third-order valence-electron chi connectivity index (χ3n) is 5.68. The molecule has 9 heteroatoms. The van der Waals surface area contributed by atoms with Gasteiger partial charge in [0.2, 0.25) is 11.0 Å². The molecule has 0 saturated carbocycles. The SMILES string of the molecule is COc1ccc2nc(-n3nc(C)c4c3NC(=O)C[C@H]4c3cccc(OC)c3OC)sc2c1. The van der Waals surface area contributed by atoms with Gasteiger partial charge in [0.05, 0.1) is 37.2 Å². The summed E-state index contributed by atoms with van der Waals surface area (Å²) in [6, 6.07) is 11.5. The third-order valence-corrected chi connectivity index (χ3v) is 6.67. The molecule has 3 heterocycles. The number of thiazole rings is 1. The highest BCUT2D eigenvalue weighted by Crippen LogP contribution is 2.46. The second-order valence-corrected chi connectivity index (χ2v) is 8.49. The fraction of sp³-hybridized carbons (Fsp3) is 0.261. The van der Waals surface area contributed by atoms with Gasteiger partial charge in [-0.1, -0.05) is 23.5 Å². The molecule has 1 atom stereocenters. The van der Waals surface area contributed by atoms with E-state index in [0.717, 1.165) is 32.8 Å². The molecule has 0 fully saturated rings. The van der Waals surface area contributed by atoms with Gasteiger partial charge in [-0.25, -0.2) is 4.98 Å². The highest BCUT2D eigenvalue weighted by Gasteiger charge is 2.35. The number of methoxy groups -OCH3 is 3. The summed E-state index contributed by atoms with van der Waals surface area (Å²) in [5.41, 5.74) is 3.51. The lowest BCUT2D eigenvalue weighted by atomic mass is 9.85. The van der Waals surface area contributed by atoms with Crippen LogP contribution in [0.4, 0.5) is 5.82 Å². The van der Waals surface area contributed by atoms with Crippen LogP contribution in [0.3, 0.4) is 0 Å². The minimum absolute atomic E-state index is 0.0868. The second-order valence-electron chi connectivity index (χ2n) is 7.48. The number of rotatable bonds is 5. The number of ether oxygens (including phenoxy) is 3. The van der Waals surface area contributed by atoms with Crippen molar-refractivity contribution in [2.75, 3.05) is 26.6 Å². The summed E-state index contributed by atoms with van der Waals surface area (Å²) in [5, 5.41) is 8.44. The molecule has 32 heavy (non-hydrogen) atoms. The number of fused-ring (bicyclic) bond motifs is 2. The van der Waals surface area contributed by atoms with Crippen LogP contribution in [-0.2, 0) is 4.79 Å². The molecule has 0 aliphatic carbocycles. The van der Waals surface area contributed by atoms with E-state index in [1.165, 1.54) is 11.3 Å². The highest BCUT2D eigenvalue weighted by molar-refractivity contribution is 7.20. The van der Waals surface area contributed by atoms with E-state index >= 15 is 0 Å². The minimum Gasteiger partial charge on any atom is -0.497 e. The Kier molecular flexibility index (Phi) is 4.97. The number of aromatic nitrogens is 3. The molecule has 164 valence electrons. The minimum atomic E-state index is -0.216. The highest BCUT2D eigenvalue weighted by atomic mass is 32.1. The Labute approximate surface area is 188 Å². The van der Waals surface area contributed by atoms with Gasteiger partial charge in [-0.2, -0.15) is 9.78 Å². The van der Waals surface area contributed by atoms with Crippen molar-refractivity contribution in [3.8, 4) is 22.4 Å². The van der Waals surface area contributed by atoms with Crippen LogP contribution in [-0.4, -0.2) is 42.0 Å². The van der Waals surface area contributed by atoms with Gasteiger partial charge >= 0.3 is 0 Å². The number of anilines is 1. The summed E-state index contributed by atoms with van der Waals surface area (Å²) in [7, 11) is 4.85. The predicted octanol–water partition coefficient (Wildman–Crippen LogP) is 4.29. The number of benzene rings is 2. The van der Waals surface area contributed by atoms with Crippen LogP contribution >= 0.6 is 11.3 Å². The van der Waals surface area contributed by atoms with Crippen molar-refractivity contribution in [2.45, 2.75) is 19.3 Å².